The van der Waals surface area contributed by atoms with Crippen molar-refractivity contribution in [2.75, 3.05) is 12.1 Å². The molecule has 0 radical (unpaired) electrons. The first-order chi connectivity index (χ1) is 9.63. The molecule has 0 fully saturated rings. The summed E-state index contributed by atoms with van der Waals surface area (Å²) in [7, 11) is 0. The topological polar surface area (TPSA) is 47.6 Å². The number of fused-ring (bicyclic) bond motifs is 1. The number of halogens is 1. The van der Waals surface area contributed by atoms with Crippen molar-refractivity contribution in [1.29, 1.82) is 0 Å². The predicted octanol–water partition coefficient (Wildman–Crippen LogP) is 3.74. The maximum Gasteiger partial charge on any atom is 0.255 e. The van der Waals surface area contributed by atoms with Gasteiger partial charge in [0.1, 0.15) is 0 Å². The zero-order valence-corrected chi connectivity index (χ0v) is 12.4. The monoisotopic (exact) mass is 333 g/mol. The van der Waals surface area contributed by atoms with Crippen molar-refractivity contribution >= 4 is 27.5 Å². The number of aryl methyl sites for hydroxylation is 1. The number of hydrogen-bond acceptors (Lipinski definition) is 3. The molecule has 1 aliphatic rings. The van der Waals surface area contributed by atoms with Crippen molar-refractivity contribution in [3.8, 4) is 11.5 Å². The van der Waals surface area contributed by atoms with Crippen LogP contribution >= 0.6 is 15.9 Å². The van der Waals surface area contributed by atoms with Crippen LogP contribution in [0.4, 0.5) is 5.69 Å². The fraction of sp³-hybridized carbons (Fsp3) is 0.133. The minimum absolute atomic E-state index is 0.186. The van der Waals surface area contributed by atoms with Crippen molar-refractivity contribution in [3.05, 3.63) is 52.0 Å². The Balaban J connectivity index is 1.84. The largest absolute Gasteiger partial charge is 0.454 e. The molecule has 1 heterocycles. The molecule has 0 bridgehead atoms. The number of carbonyl (C=O) groups excluding carboxylic acids is 1. The first kappa shape index (κ1) is 13.0. The zero-order valence-electron chi connectivity index (χ0n) is 10.8. The second-order valence-electron chi connectivity index (χ2n) is 4.51. The van der Waals surface area contributed by atoms with Crippen molar-refractivity contribution in [2.24, 2.45) is 0 Å². The maximum atomic E-state index is 12.2. The number of carbonyl (C=O) groups is 1. The number of benzene rings is 2. The minimum atomic E-state index is -0.186. The summed E-state index contributed by atoms with van der Waals surface area (Å²) in [6.07, 6.45) is 0. The Morgan fingerprint density at radius 3 is 2.80 bits per heavy atom. The summed E-state index contributed by atoms with van der Waals surface area (Å²) in [6, 6.07) is 10.9. The highest BCUT2D eigenvalue weighted by Crippen LogP contribution is 2.33. The summed E-state index contributed by atoms with van der Waals surface area (Å²) in [6.45, 7) is 2.17. The van der Waals surface area contributed by atoms with Gasteiger partial charge in [0.15, 0.2) is 11.5 Å². The highest BCUT2D eigenvalue weighted by atomic mass is 79.9. The van der Waals surface area contributed by atoms with E-state index in [0.717, 1.165) is 15.7 Å². The molecule has 20 heavy (non-hydrogen) atoms. The van der Waals surface area contributed by atoms with E-state index in [1.54, 1.807) is 18.2 Å². The van der Waals surface area contributed by atoms with E-state index in [9.17, 15) is 4.79 Å². The number of amides is 1. The number of hydrogen-bond donors (Lipinski definition) is 1. The van der Waals surface area contributed by atoms with Gasteiger partial charge >= 0.3 is 0 Å². The Hall–Kier alpha value is -2.01. The summed E-state index contributed by atoms with van der Waals surface area (Å²) in [4.78, 5) is 12.2. The van der Waals surface area contributed by atoms with E-state index in [1.165, 1.54) is 0 Å². The number of nitrogens with one attached hydrogen (secondary N) is 1. The van der Waals surface area contributed by atoms with E-state index in [0.29, 0.717) is 17.1 Å². The van der Waals surface area contributed by atoms with Gasteiger partial charge in [-0.1, -0.05) is 6.07 Å². The summed E-state index contributed by atoms with van der Waals surface area (Å²) < 4.78 is 11.3. The molecular formula is C15H12BrNO3. The molecule has 102 valence electrons. The average molecular weight is 334 g/mol. The Morgan fingerprint density at radius 2 is 1.95 bits per heavy atom. The molecule has 0 aliphatic carbocycles. The second-order valence-corrected chi connectivity index (χ2v) is 5.36. The van der Waals surface area contributed by atoms with E-state index in [2.05, 4.69) is 21.2 Å². The van der Waals surface area contributed by atoms with Crippen LogP contribution in [0, 0.1) is 6.92 Å². The Labute approximate surface area is 124 Å². The van der Waals surface area contributed by atoms with Gasteiger partial charge in [-0.15, -0.1) is 0 Å². The molecule has 2 aromatic carbocycles. The molecule has 2 aromatic rings. The fourth-order valence-corrected chi connectivity index (χ4v) is 2.31. The molecule has 0 unspecified atom stereocenters. The van der Waals surface area contributed by atoms with E-state index in [4.69, 9.17) is 9.47 Å². The van der Waals surface area contributed by atoms with Crippen LogP contribution in [-0.4, -0.2) is 12.7 Å². The lowest BCUT2D eigenvalue weighted by Gasteiger charge is -2.09. The van der Waals surface area contributed by atoms with Crippen molar-refractivity contribution < 1.29 is 14.3 Å². The summed E-state index contributed by atoms with van der Waals surface area (Å²) in [5.41, 5.74) is 2.35. The molecule has 4 nitrogen and oxygen atoms in total. The third-order valence-corrected chi connectivity index (χ3v) is 3.70. The van der Waals surface area contributed by atoms with Gasteiger partial charge in [-0.25, -0.2) is 0 Å². The van der Waals surface area contributed by atoms with E-state index >= 15 is 0 Å². The third-order valence-electron chi connectivity index (χ3n) is 3.00. The maximum absolute atomic E-state index is 12.2. The van der Waals surface area contributed by atoms with Crippen LogP contribution in [0.2, 0.25) is 0 Å². The van der Waals surface area contributed by atoms with Crippen LogP contribution < -0.4 is 14.8 Å². The number of anilines is 1. The van der Waals surface area contributed by atoms with Crippen molar-refractivity contribution in [2.45, 2.75) is 6.92 Å². The van der Waals surface area contributed by atoms with Crippen LogP contribution in [0.3, 0.4) is 0 Å². The molecular weight excluding hydrogens is 322 g/mol. The number of rotatable bonds is 2. The van der Waals surface area contributed by atoms with E-state index in [1.807, 2.05) is 25.1 Å². The molecule has 0 atom stereocenters. The van der Waals surface area contributed by atoms with E-state index in [-0.39, 0.29) is 12.7 Å². The lowest BCUT2D eigenvalue weighted by atomic mass is 10.1. The molecule has 3 rings (SSSR count). The summed E-state index contributed by atoms with van der Waals surface area (Å²) in [5.74, 6) is 1.08. The van der Waals surface area contributed by atoms with Gasteiger partial charge < -0.3 is 14.8 Å². The van der Waals surface area contributed by atoms with Crippen molar-refractivity contribution in [1.82, 2.24) is 0 Å². The molecule has 0 spiro atoms. The first-order valence-corrected chi connectivity index (χ1v) is 6.90. The molecule has 0 aromatic heterocycles. The third kappa shape index (κ3) is 2.49. The molecule has 1 aliphatic heterocycles. The van der Waals surface area contributed by atoms with Gasteiger partial charge in [-0.05, 0) is 58.7 Å². The van der Waals surface area contributed by atoms with Crippen LogP contribution in [-0.2, 0) is 0 Å². The Bertz CT molecular complexity index is 685. The second kappa shape index (κ2) is 5.17. The standard InChI is InChI=1S/C15H12BrNO3/c1-9-2-4-11(16)12(6-9)17-15(18)10-3-5-13-14(7-10)20-8-19-13/h2-7H,8H2,1H3,(H,17,18). The molecule has 5 heteroatoms. The van der Waals surface area contributed by atoms with Gasteiger partial charge in [0.2, 0.25) is 6.79 Å². The normalized spacial score (nSPS) is 12.3. The number of ether oxygens (including phenoxy) is 2. The Kier molecular flexibility index (Phi) is 3.36. The van der Waals surface area contributed by atoms with Crippen LogP contribution in [0.5, 0.6) is 11.5 Å². The lowest BCUT2D eigenvalue weighted by Crippen LogP contribution is -2.12. The van der Waals surface area contributed by atoms with Crippen molar-refractivity contribution in [3.63, 3.8) is 0 Å². The predicted molar refractivity (Wildman–Crippen MR) is 79.4 cm³/mol. The van der Waals surface area contributed by atoms with Gasteiger partial charge in [-0.3, -0.25) is 4.79 Å². The molecule has 1 N–H and O–H groups in total. The summed E-state index contributed by atoms with van der Waals surface area (Å²) >= 11 is 3.42. The highest BCUT2D eigenvalue weighted by Gasteiger charge is 2.16. The molecule has 0 saturated carbocycles. The first-order valence-electron chi connectivity index (χ1n) is 6.10. The molecule has 1 amide bonds. The highest BCUT2D eigenvalue weighted by molar-refractivity contribution is 9.10. The SMILES string of the molecule is Cc1ccc(Br)c(NC(=O)c2ccc3c(c2)OCO3)c1. The Morgan fingerprint density at radius 1 is 1.15 bits per heavy atom. The average Bonchev–Trinajstić information content (AvgIpc) is 2.90. The lowest BCUT2D eigenvalue weighted by molar-refractivity contribution is 0.102. The zero-order chi connectivity index (χ0) is 14.1. The van der Waals surface area contributed by atoms with Crippen LogP contribution in [0.1, 0.15) is 15.9 Å². The summed E-state index contributed by atoms with van der Waals surface area (Å²) in [5, 5.41) is 2.88. The van der Waals surface area contributed by atoms with Gasteiger partial charge in [0, 0.05) is 10.0 Å². The van der Waals surface area contributed by atoms with Gasteiger partial charge in [0.25, 0.3) is 5.91 Å². The quantitative estimate of drug-likeness (QED) is 0.910. The van der Waals surface area contributed by atoms with Gasteiger partial charge in [-0.2, -0.15) is 0 Å². The minimum Gasteiger partial charge on any atom is -0.454 e. The fourth-order valence-electron chi connectivity index (χ4n) is 1.97. The van der Waals surface area contributed by atoms with Crippen LogP contribution in [0.25, 0.3) is 0 Å². The van der Waals surface area contributed by atoms with Crippen LogP contribution in [0.15, 0.2) is 40.9 Å². The van der Waals surface area contributed by atoms with E-state index < -0.39 is 0 Å². The van der Waals surface area contributed by atoms with Gasteiger partial charge in [0.05, 0.1) is 5.69 Å². The molecule has 0 saturated heterocycles. The smallest absolute Gasteiger partial charge is 0.255 e.